The number of hydrogen-bond acceptors (Lipinski definition) is 4. The van der Waals surface area contributed by atoms with Gasteiger partial charge >= 0.3 is 6.10 Å². The van der Waals surface area contributed by atoms with Gasteiger partial charge in [-0.3, -0.25) is 0 Å². The molecule has 0 aliphatic carbocycles. The minimum absolute atomic E-state index is 0.0542. The van der Waals surface area contributed by atoms with Gasteiger partial charge in [0.15, 0.2) is 0 Å². The number of fused-ring (bicyclic) bond motifs is 3. The van der Waals surface area contributed by atoms with Gasteiger partial charge < -0.3 is 14.2 Å². The molecular weight excluding hydrogens is 146 g/mol. The van der Waals surface area contributed by atoms with Crippen molar-refractivity contribution in [2.45, 2.75) is 13.0 Å². The van der Waals surface area contributed by atoms with E-state index in [4.69, 9.17) is 14.2 Å². The summed E-state index contributed by atoms with van der Waals surface area (Å²) < 4.78 is 16.1. The van der Waals surface area contributed by atoms with Crippen LogP contribution in [0.4, 0.5) is 0 Å². The van der Waals surface area contributed by atoms with Crippen LogP contribution in [0.2, 0.25) is 0 Å². The molecule has 3 saturated heterocycles. The summed E-state index contributed by atoms with van der Waals surface area (Å²) in [7, 11) is 1.76. The highest BCUT2D eigenvalue weighted by atomic mass is 16.9. The number of hydrogen-bond donors (Lipinski definition) is 1. The molecule has 1 N–H and O–H groups in total. The smallest absolute Gasteiger partial charge is 0.313 e. The van der Waals surface area contributed by atoms with Crippen molar-refractivity contribution >= 4 is 0 Å². The molecule has 3 heterocycles. The maximum absolute atomic E-state index is 5.36. The van der Waals surface area contributed by atoms with Crippen LogP contribution >= 0.6 is 0 Å². The van der Waals surface area contributed by atoms with E-state index in [0.717, 1.165) is 0 Å². The van der Waals surface area contributed by atoms with Crippen LogP contribution in [0.25, 0.3) is 0 Å². The first-order chi connectivity index (χ1) is 5.18. The molecule has 0 spiro atoms. The summed E-state index contributed by atoms with van der Waals surface area (Å²) in [5.41, 5.74) is 0.0542. The van der Waals surface area contributed by atoms with Crippen molar-refractivity contribution < 1.29 is 14.2 Å². The second-order valence-electron chi connectivity index (χ2n) is 3.48. The van der Waals surface area contributed by atoms with Crippen LogP contribution in [0.3, 0.4) is 0 Å². The Morgan fingerprint density at radius 1 is 1.09 bits per heavy atom. The van der Waals surface area contributed by atoms with Gasteiger partial charge in [0.05, 0.1) is 19.8 Å². The standard InChI is InChI=1S/C7H13NO3/c1-6-3-9-7(8-2,10-4-6)11-5-6/h8H,3-5H2,1-2H3. The molecule has 3 fully saturated rings. The van der Waals surface area contributed by atoms with Gasteiger partial charge in [-0.25, -0.2) is 5.32 Å². The highest BCUT2D eigenvalue weighted by Gasteiger charge is 2.49. The van der Waals surface area contributed by atoms with Crippen LogP contribution in [-0.2, 0) is 14.2 Å². The van der Waals surface area contributed by atoms with E-state index in [-0.39, 0.29) is 5.41 Å². The minimum Gasteiger partial charge on any atom is -0.313 e. The first kappa shape index (κ1) is 7.49. The Bertz CT molecular complexity index is 147. The molecule has 0 amide bonds. The van der Waals surface area contributed by atoms with Crippen molar-refractivity contribution in [1.82, 2.24) is 5.32 Å². The van der Waals surface area contributed by atoms with Crippen LogP contribution in [0, 0.1) is 5.41 Å². The SMILES string of the molecule is CNC12OCC(C)(CO1)CO2. The molecule has 0 aromatic heterocycles. The van der Waals surface area contributed by atoms with E-state index >= 15 is 0 Å². The Morgan fingerprint density at radius 2 is 1.55 bits per heavy atom. The summed E-state index contributed by atoms with van der Waals surface area (Å²) in [6.07, 6.45) is -0.947. The zero-order chi connectivity index (χ0) is 7.95. The Balaban J connectivity index is 2.12. The number of nitrogens with one attached hydrogen (secondary N) is 1. The first-order valence-corrected chi connectivity index (χ1v) is 3.79. The molecule has 0 aromatic carbocycles. The van der Waals surface area contributed by atoms with Crippen molar-refractivity contribution in [2.75, 3.05) is 26.9 Å². The minimum atomic E-state index is -0.947. The van der Waals surface area contributed by atoms with Gasteiger partial charge in [0, 0.05) is 5.41 Å². The summed E-state index contributed by atoms with van der Waals surface area (Å²) in [4.78, 5) is 0. The van der Waals surface area contributed by atoms with Gasteiger partial charge in [0.2, 0.25) is 0 Å². The van der Waals surface area contributed by atoms with E-state index in [2.05, 4.69) is 12.2 Å². The highest BCUT2D eigenvalue weighted by molar-refractivity contribution is 4.82. The largest absolute Gasteiger partial charge is 0.350 e. The molecule has 11 heavy (non-hydrogen) atoms. The van der Waals surface area contributed by atoms with E-state index in [1.165, 1.54) is 0 Å². The Hall–Kier alpha value is -0.160. The second-order valence-corrected chi connectivity index (χ2v) is 3.48. The van der Waals surface area contributed by atoms with E-state index in [1.54, 1.807) is 7.05 Å². The van der Waals surface area contributed by atoms with Gasteiger partial charge in [-0.1, -0.05) is 6.92 Å². The molecule has 3 rings (SSSR count). The lowest BCUT2D eigenvalue weighted by molar-refractivity contribution is -0.476. The third-order valence-corrected chi connectivity index (χ3v) is 2.14. The molecule has 0 aromatic rings. The summed E-state index contributed by atoms with van der Waals surface area (Å²) in [6, 6.07) is 0. The molecule has 0 saturated carbocycles. The van der Waals surface area contributed by atoms with Gasteiger partial charge in [0.1, 0.15) is 0 Å². The van der Waals surface area contributed by atoms with Crippen molar-refractivity contribution in [1.29, 1.82) is 0 Å². The van der Waals surface area contributed by atoms with Crippen LogP contribution in [-0.4, -0.2) is 33.0 Å². The van der Waals surface area contributed by atoms with E-state index in [1.807, 2.05) is 0 Å². The second kappa shape index (κ2) is 2.17. The summed E-state index contributed by atoms with van der Waals surface area (Å²) in [5, 5.41) is 2.86. The normalized spacial score (nSPS) is 49.6. The fraction of sp³-hybridized carbons (Fsp3) is 1.00. The van der Waals surface area contributed by atoms with Gasteiger partial charge in [-0.15, -0.1) is 0 Å². The summed E-state index contributed by atoms with van der Waals surface area (Å²) in [5.74, 6) is 0. The Labute approximate surface area is 65.8 Å². The lowest BCUT2D eigenvalue weighted by Crippen LogP contribution is -2.64. The molecule has 2 bridgehead atoms. The molecule has 3 aliphatic heterocycles. The zero-order valence-electron chi connectivity index (χ0n) is 6.85. The van der Waals surface area contributed by atoms with Gasteiger partial charge in [0.25, 0.3) is 0 Å². The van der Waals surface area contributed by atoms with Crippen molar-refractivity contribution in [3.63, 3.8) is 0 Å². The molecule has 0 radical (unpaired) electrons. The van der Waals surface area contributed by atoms with Crippen LogP contribution < -0.4 is 5.32 Å². The maximum atomic E-state index is 5.36. The fourth-order valence-corrected chi connectivity index (χ4v) is 1.27. The molecule has 64 valence electrons. The Morgan fingerprint density at radius 3 is 1.91 bits per heavy atom. The summed E-state index contributed by atoms with van der Waals surface area (Å²) in [6.45, 7) is 4.20. The van der Waals surface area contributed by atoms with Gasteiger partial charge in [-0.2, -0.15) is 0 Å². The highest BCUT2D eigenvalue weighted by Crippen LogP contribution is 2.35. The monoisotopic (exact) mass is 159 g/mol. The topological polar surface area (TPSA) is 39.7 Å². The fourth-order valence-electron chi connectivity index (χ4n) is 1.27. The molecule has 4 nitrogen and oxygen atoms in total. The van der Waals surface area contributed by atoms with Crippen molar-refractivity contribution in [2.24, 2.45) is 5.41 Å². The average molecular weight is 159 g/mol. The number of rotatable bonds is 1. The lowest BCUT2D eigenvalue weighted by Gasteiger charge is -2.49. The number of ether oxygens (including phenoxy) is 3. The van der Waals surface area contributed by atoms with Gasteiger partial charge in [-0.05, 0) is 7.05 Å². The summed E-state index contributed by atoms with van der Waals surface area (Å²) >= 11 is 0. The predicted octanol–water partition coefficient (Wildman–Crippen LogP) is -0.0996. The third-order valence-electron chi connectivity index (χ3n) is 2.14. The van der Waals surface area contributed by atoms with Crippen LogP contribution in [0.1, 0.15) is 6.92 Å². The molecule has 4 heteroatoms. The molecular formula is C7H13NO3. The quantitative estimate of drug-likeness (QED) is 0.580. The van der Waals surface area contributed by atoms with Crippen LogP contribution in [0.5, 0.6) is 0 Å². The molecule has 0 unspecified atom stereocenters. The van der Waals surface area contributed by atoms with Crippen molar-refractivity contribution in [3.8, 4) is 0 Å². The van der Waals surface area contributed by atoms with Crippen molar-refractivity contribution in [3.05, 3.63) is 0 Å². The van der Waals surface area contributed by atoms with Crippen LogP contribution in [0.15, 0.2) is 0 Å². The van der Waals surface area contributed by atoms with E-state index in [0.29, 0.717) is 19.8 Å². The van der Waals surface area contributed by atoms with E-state index in [9.17, 15) is 0 Å². The maximum Gasteiger partial charge on any atom is 0.350 e. The Kier molecular flexibility index (Phi) is 1.47. The lowest BCUT2D eigenvalue weighted by atomic mass is 9.92. The zero-order valence-corrected chi connectivity index (χ0v) is 6.85. The predicted molar refractivity (Wildman–Crippen MR) is 37.8 cm³/mol. The average Bonchev–Trinajstić information content (AvgIpc) is 2.07. The molecule has 3 aliphatic rings. The third kappa shape index (κ3) is 1.06. The molecule has 0 atom stereocenters. The first-order valence-electron chi connectivity index (χ1n) is 3.79. The van der Waals surface area contributed by atoms with E-state index < -0.39 is 6.10 Å².